The van der Waals surface area contributed by atoms with Crippen LogP contribution in [0, 0.1) is 0 Å². The van der Waals surface area contributed by atoms with Crippen LogP contribution < -0.4 is 0 Å². The van der Waals surface area contributed by atoms with Gasteiger partial charge >= 0.3 is 0 Å². The van der Waals surface area contributed by atoms with E-state index in [0.717, 1.165) is 44.8 Å². The van der Waals surface area contributed by atoms with Crippen LogP contribution in [0.2, 0.25) is 5.02 Å². The maximum Gasteiger partial charge on any atom is 0.253 e. The largest absolute Gasteiger partial charge is 0.336 e. The summed E-state index contributed by atoms with van der Waals surface area (Å²) in [6.45, 7) is 6.78. The molecular weight excluding hydrogens is 340 g/mol. The molecule has 0 bridgehead atoms. The number of tetrazole rings is 1. The lowest BCUT2D eigenvalue weighted by Crippen LogP contribution is -2.48. The van der Waals surface area contributed by atoms with Crippen LogP contribution in [0.25, 0.3) is 0 Å². The van der Waals surface area contributed by atoms with Gasteiger partial charge in [-0.05, 0) is 41.1 Å². The number of piperazine rings is 1. The van der Waals surface area contributed by atoms with Gasteiger partial charge in [0.05, 0.1) is 6.54 Å². The quantitative estimate of drug-likeness (QED) is 0.787. The molecule has 2 aromatic rings. The van der Waals surface area contributed by atoms with Gasteiger partial charge in [0.25, 0.3) is 5.91 Å². The molecule has 0 saturated carbocycles. The molecule has 1 aromatic carbocycles. The first-order valence-corrected chi connectivity index (χ1v) is 9.07. The highest BCUT2D eigenvalue weighted by Gasteiger charge is 2.23. The van der Waals surface area contributed by atoms with Crippen LogP contribution in [0.4, 0.5) is 0 Å². The topological polar surface area (TPSA) is 67.2 Å². The van der Waals surface area contributed by atoms with Crippen LogP contribution in [-0.2, 0) is 13.1 Å². The minimum Gasteiger partial charge on any atom is -0.336 e. The van der Waals surface area contributed by atoms with Crippen molar-refractivity contribution in [2.45, 2.75) is 32.9 Å². The van der Waals surface area contributed by atoms with E-state index in [1.165, 1.54) is 0 Å². The maximum absolute atomic E-state index is 12.5. The van der Waals surface area contributed by atoms with Crippen molar-refractivity contribution in [3.8, 4) is 0 Å². The summed E-state index contributed by atoms with van der Waals surface area (Å²) >= 11 is 5.88. The van der Waals surface area contributed by atoms with Gasteiger partial charge in [0, 0.05) is 43.3 Å². The molecule has 1 amide bonds. The molecule has 1 saturated heterocycles. The smallest absolute Gasteiger partial charge is 0.253 e. The van der Waals surface area contributed by atoms with Crippen molar-refractivity contribution < 1.29 is 4.79 Å². The van der Waals surface area contributed by atoms with Gasteiger partial charge in [-0.25, -0.2) is 4.68 Å². The third kappa shape index (κ3) is 4.55. The molecular formula is C17H23ClN6O. The standard InChI is InChI=1S/C17H23ClN6O/c1-2-3-8-24-16(19-20-21-24)13-22-9-11-23(12-10-22)17(25)14-4-6-15(18)7-5-14/h4-7H,2-3,8-13H2,1H3. The molecule has 134 valence electrons. The van der Waals surface area contributed by atoms with E-state index in [1.54, 1.807) is 24.3 Å². The molecule has 1 aliphatic heterocycles. The number of benzene rings is 1. The van der Waals surface area contributed by atoms with E-state index in [2.05, 4.69) is 27.3 Å². The van der Waals surface area contributed by atoms with Crippen LogP contribution in [0.3, 0.4) is 0 Å². The second kappa shape index (κ2) is 8.40. The molecule has 0 aliphatic carbocycles. The number of aryl methyl sites for hydroxylation is 1. The lowest BCUT2D eigenvalue weighted by atomic mass is 10.2. The average Bonchev–Trinajstić information content (AvgIpc) is 3.07. The van der Waals surface area contributed by atoms with Gasteiger partial charge in [-0.3, -0.25) is 9.69 Å². The number of carbonyl (C=O) groups excluding carboxylic acids is 1. The highest BCUT2D eigenvalue weighted by molar-refractivity contribution is 6.30. The summed E-state index contributed by atoms with van der Waals surface area (Å²) in [6.07, 6.45) is 2.19. The lowest BCUT2D eigenvalue weighted by molar-refractivity contribution is 0.0623. The fraction of sp³-hybridized carbons (Fsp3) is 0.529. The van der Waals surface area contributed by atoms with Gasteiger partial charge in [-0.15, -0.1) is 5.10 Å². The second-order valence-corrected chi connectivity index (χ2v) is 6.68. The summed E-state index contributed by atoms with van der Waals surface area (Å²) in [6, 6.07) is 7.06. The molecule has 1 aromatic heterocycles. The molecule has 1 fully saturated rings. The maximum atomic E-state index is 12.5. The van der Waals surface area contributed by atoms with Crippen molar-refractivity contribution in [2.24, 2.45) is 0 Å². The molecule has 0 radical (unpaired) electrons. The number of aromatic nitrogens is 4. The van der Waals surface area contributed by atoms with E-state index in [0.29, 0.717) is 23.7 Å². The van der Waals surface area contributed by atoms with E-state index in [-0.39, 0.29) is 5.91 Å². The van der Waals surface area contributed by atoms with Crippen LogP contribution in [-0.4, -0.2) is 62.1 Å². The predicted molar refractivity (Wildman–Crippen MR) is 95.4 cm³/mol. The predicted octanol–water partition coefficient (Wildman–Crippen LogP) is 2.08. The normalized spacial score (nSPS) is 15.5. The Balaban J connectivity index is 1.53. The van der Waals surface area contributed by atoms with Crippen molar-refractivity contribution in [2.75, 3.05) is 26.2 Å². The van der Waals surface area contributed by atoms with Crippen LogP contribution in [0.1, 0.15) is 35.9 Å². The number of rotatable bonds is 6. The fourth-order valence-electron chi connectivity index (χ4n) is 2.90. The number of hydrogen-bond donors (Lipinski definition) is 0. The third-order valence-electron chi connectivity index (χ3n) is 4.45. The highest BCUT2D eigenvalue weighted by atomic mass is 35.5. The minimum absolute atomic E-state index is 0.0593. The zero-order chi connectivity index (χ0) is 17.6. The molecule has 0 spiro atoms. The molecule has 1 aliphatic rings. The zero-order valence-corrected chi connectivity index (χ0v) is 15.2. The van der Waals surface area contributed by atoms with Crippen molar-refractivity contribution in [1.29, 1.82) is 0 Å². The van der Waals surface area contributed by atoms with Gasteiger partial charge in [-0.1, -0.05) is 24.9 Å². The van der Waals surface area contributed by atoms with Gasteiger partial charge in [-0.2, -0.15) is 0 Å². The van der Waals surface area contributed by atoms with Crippen molar-refractivity contribution in [1.82, 2.24) is 30.0 Å². The first kappa shape index (κ1) is 17.8. The molecule has 0 atom stereocenters. The summed E-state index contributed by atoms with van der Waals surface area (Å²) in [5, 5.41) is 12.6. The fourth-order valence-corrected chi connectivity index (χ4v) is 3.03. The molecule has 0 unspecified atom stereocenters. The van der Waals surface area contributed by atoms with E-state index in [1.807, 2.05) is 9.58 Å². The first-order valence-electron chi connectivity index (χ1n) is 8.69. The van der Waals surface area contributed by atoms with E-state index >= 15 is 0 Å². The highest BCUT2D eigenvalue weighted by Crippen LogP contribution is 2.14. The number of amides is 1. The Morgan fingerprint density at radius 1 is 1.16 bits per heavy atom. The first-order chi connectivity index (χ1) is 12.2. The Kier molecular flexibility index (Phi) is 5.99. The van der Waals surface area contributed by atoms with Gasteiger partial charge in [0.15, 0.2) is 5.82 Å². The van der Waals surface area contributed by atoms with Gasteiger partial charge in [0.1, 0.15) is 0 Å². The monoisotopic (exact) mass is 362 g/mol. The van der Waals surface area contributed by atoms with E-state index in [4.69, 9.17) is 11.6 Å². The summed E-state index contributed by atoms with van der Waals surface area (Å²) in [5.74, 6) is 0.954. The Hall–Kier alpha value is -1.99. The number of unbranched alkanes of at least 4 members (excludes halogenated alkanes) is 1. The summed E-state index contributed by atoms with van der Waals surface area (Å²) < 4.78 is 1.88. The van der Waals surface area contributed by atoms with Crippen molar-refractivity contribution in [3.05, 3.63) is 40.7 Å². The zero-order valence-electron chi connectivity index (χ0n) is 14.4. The van der Waals surface area contributed by atoms with Crippen molar-refractivity contribution in [3.63, 3.8) is 0 Å². The van der Waals surface area contributed by atoms with Crippen LogP contribution in [0.5, 0.6) is 0 Å². The summed E-state index contributed by atoms with van der Waals surface area (Å²) in [4.78, 5) is 16.7. The summed E-state index contributed by atoms with van der Waals surface area (Å²) in [5.41, 5.74) is 0.682. The lowest BCUT2D eigenvalue weighted by Gasteiger charge is -2.34. The SMILES string of the molecule is CCCCn1nnnc1CN1CCN(C(=O)c2ccc(Cl)cc2)CC1. The molecule has 3 rings (SSSR count). The Morgan fingerprint density at radius 2 is 1.88 bits per heavy atom. The number of nitrogens with zero attached hydrogens (tertiary/aromatic N) is 6. The third-order valence-corrected chi connectivity index (χ3v) is 4.70. The number of hydrogen-bond acceptors (Lipinski definition) is 5. The van der Waals surface area contributed by atoms with E-state index < -0.39 is 0 Å². The molecule has 8 heteroatoms. The van der Waals surface area contributed by atoms with E-state index in [9.17, 15) is 4.79 Å². The number of carbonyl (C=O) groups is 1. The number of halogens is 1. The average molecular weight is 363 g/mol. The van der Waals surface area contributed by atoms with Crippen LogP contribution in [0.15, 0.2) is 24.3 Å². The molecule has 2 heterocycles. The Bertz CT molecular complexity index is 693. The van der Waals surface area contributed by atoms with Crippen LogP contribution >= 0.6 is 11.6 Å². The van der Waals surface area contributed by atoms with Crippen molar-refractivity contribution >= 4 is 17.5 Å². The Morgan fingerprint density at radius 3 is 2.56 bits per heavy atom. The molecule has 7 nitrogen and oxygen atoms in total. The van der Waals surface area contributed by atoms with Gasteiger partial charge in [0.2, 0.25) is 0 Å². The van der Waals surface area contributed by atoms with Gasteiger partial charge < -0.3 is 4.90 Å². The molecule has 25 heavy (non-hydrogen) atoms. The summed E-state index contributed by atoms with van der Waals surface area (Å²) in [7, 11) is 0. The Labute approximate surface area is 152 Å². The second-order valence-electron chi connectivity index (χ2n) is 6.25. The minimum atomic E-state index is 0.0593. The molecule has 0 N–H and O–H groups in total.